The van der Waals surface area contributed by atoms with Crippen LogP contribution in [0.4, 0.5) is 4.39 Å². The second kappa shape index (κ2) is 5.31. The molecular formula is C15H15ClFN3S. The Morgan fingerprint density at radius 3 is 2.95 bits per heavy atom. The van der Waals surface area contributed by atoms with Crippen LogP contribution in [0.2, 0.25) is 5.02 Å². The standard InChI is InChI=1S/C15H15ClFN3S/c1-15(10-4-5-13(17)12(16)7-10)9-19-14(18)20(15)8-11-3-2-6-21-11/h2-7H,8-9H2,1H3,(H2,18,19). The van der Waals surface area contributed by atoms with Crippen LogP contribution in [0.25, 0.3) is 0 Å². The van der Waals surface area contributed by atoms with Gasteiger partial charge in [-0.3, -0.25) is 4.99 Å². The minimum atomic E-state index is -0.416. The second-order valence-electron chi connectivity index (χ2n) is 5.24. The minimum Gasteiger partial charge on any atom is -0.370 e. The van der Waals surface area contributed by atoms with Crippen LogP contribution in [0.3, 0.4) is 0 Å². The smallest absolute Gasteiger partial charge is 0.192 e. The van der Waals surface area contributed by atoms with E-state index in [4.69, 9.17) is 17.3 Å². The molecule has 0 saturated heterocycles. The summed E-state index contributed by atoms with van der Waals surface area (Å²) in [6, 6.07) is 8.87. The number of benzene rings is 1. The van der Waals surface area contributed by atoms with Crippen molar-refractivity contribution in [3.05, 3.63) is 57.0 Å². The number of aliphatic imine (C=N–C) groups is 1. The van der Waals surface area contributed by atoms with Crippen molar-refractivity contribution in [1.29, 1.82) is 0 Å². The summed E-state index contributed by atoms with van der Waals surface area (Å²) < 4.78 is 13.4. The number of rotatable bonds is 3. The second-order valence-corrected chi connectivity index (χ2v) is 6.68. The maximum atomic E-state index is 13.4. The van der Waals surface area contributed by atoms with Gasteiger partial charge in [-0.05, 0) is 36.1 Å². The van der Waals surface area contributed by atoms with Crippen LogP contribution >= 0.6 is 22.9 Å². The molecule has 2 aromatic rings. The minimum absolute atomic E-state index is 0.121. The van der Waals surface area contributed by atoms with E-state index in [-0.39, 0.29) is 5.02 Å². The molecule has 0 bridgehead atoms. The first kappa shape index (κ1) is 14.4. The van der Waals surface area contributed by atoms with Crippen molar-refractivity contribution in [1.82, 2.24) is 4.90 Å². The van der Waals surface area contributed by atoms with Crippen LogP contribution in [0.15, 0.2) is 40.7 Å². The maximum Gasteiger partial charge on any atom is 0.192 e. The van der Waals surface area contributed by atoms with Gasteiger partial charge >= 0.3 is 0 Å². The lowest BCUT2D eigenvalue weighted by Crippen LogP contribution is -2.46. The summed E-state index contributed by atoms with van der Waals surface area (Å²) in [4.78, 5) is 7.62. The van der Waals surface area contributed by atoms with Gasteiger partial charge in [-0.2, -0.15) is 0 Å². The van der Waals surface area contributed by atoms with Crippen molar-refractivity contribution >= 4 is 28.9 Å². The topological polar surface area (TPSA) is 41.6 Å². The first-order chi connectivity index (χ1) is 10.0. The fraction of sp³-hybridized carbons (Fsp3) is 0.267. The van der Waals surface area contributed by atoms with Gasteiger partial charge in [0.05, 0.1) is 23.7 Å². The van der Waals surface area contributed by atoms with E-state index in [1.165, 1.54) is 10.9 Å². The lowest BCUT2D eigenvalue weighted by Gasteiger charge is -2.36. The Morgan fingerprint density at radius 1 is 1.48 bits per heavy atom. The third-order valence-electron chi connectivity index (χ3n) is 3.86. The number of nitrogens with two attached hydrogens (primary N) is 1. The maximum absolute atomic E-state index is 13.4. The van der Waals surface area contributed by atoms with Crippen molar-refractivity contribution in [2.45, 2.75) is 19.0 Å². The Hall–Kier alpha value is -1.59. The van der Waals surface area contributed by atoms with Crippen LogP contribution in [0.5, 0.6) is 0 Å². The van der Waals surface area contributed by atoms with E-state index in [0.717, 1.165) is 5.56 Å². The lowest BCUT2D eigenvalue weighted by molar-refractivity contribution is 0.219. The first-order valence-electron chi connectivity index (χ1n) is 6.56. The molecule has 3 nitrogen and oxygen atoms in total. The van der Waals surface area contributed by atoms with E-state index in [1.807, 2.05) is 23.3 Å². The molecule has 0 saturated carbocycles. The summed E-state index contributed by atoms with van der Waals surface area (Å²) in [5.74, 6) is 0.0899. The van der Waals surface area contributed by atoms with Gasteiger partial charge in [-0.25, -0.2) is 4.39 Å². The molecular weight excluding hydrogens is 309 g/mol. The molecule has 6 heteroatoms. The predicted octanol–water partition coefficient (Wildman–Crippen LogP) is 3.59. The normalized spacial score (nSPS) is 21.7. The number of hydrogen-bond acceptors (Lipinski definition) is 4. The van der Waals surface area contributed by atoms with Gasteiger partial charge in [0.25, 0.3) is 0 Å². The Kier molecular flexibility index (Phi) is 3.63. The van der Waals surface area contributed by atoms with Crippen LogP contribution in [-0.4, -0.2) is 17.4 Å². The van der Waals surface area contributed by atoms with Crippen LogP contribution < -0.4 is 5.73 Å². The molecule has 1 aromatic carbocycles. The number of thiophene rings is 1. The fourth-order valence-corrected chi connectivity index (χ4v) is 3.42. The third-order valence-corrected chi connectivity index (χ3v) is 5.01. The van der Waals surface area contributed by atoms with Gasteiger partial charge < -0.3 is 10.6 Å². The average molecular weight is 324 g/mol. The molecule has 21 heavy (non-hydrogen) atoms. The summed E-state index contributed by atoms with van der Waals surface area (Å²) in [5.41, 5.74) is 6.55. The van der Waals surface area contributed by atoms with Gasteiger partial charge in [-0.1, -0.05) is 23.7 Å². The van der Waals surface area contributed by atoms with Gasteiger partial charge in [0, 0.05) is 4.88 Å². The number of hydrogen-bond donors (Lipinski definition) is 1. The van der Waals surface area contributed by atoms with Crippen molar-refractivity contribution < 1.29 is 4.39 Å². The van der Waals surface area contributed by atoms with E-state index in [9.17, 15) is 4.39 Å². The highest BCUT2D eigenvalue weighted by molar-refractivity contribution is 7.09. The number of nitrogens with zero attached hydrogens (tertiary/aromatic N) is 2. The highest BCUT2D eigenvalue weighted by atomic mass is 35.5. The predicted molar refractivity (Wildman–Crippen MR) is 85.1 cm³/mol. The Morgan fingerprint density at radius 2 is 2.29 bits per heavy atom. The molecule has 0 spiro atoms. The molecule has 0 amide bonds. The zero-order valence-corrected chi connectivity index (χ0v) is 13.1. The van der Waals surface area contributed by atoms with Gasteiger partial charge in [0.1, 0.15) is 5.82 Å². The van der Waals surface area contributed by atoms with Crippen molar-refractivity contribution in [2.75, 3.05) is 6.54 Å². The molecule has 2 heterocycles. The molecule has 0 aliphatic carbocycles. The molecule has 1 unspecified atom stereocenters. The summed E-state index contributed by atoms with van der Waals surface area (Å²) in [6.45, 7) is 3.26. The van der Waals surface area contributed by atoms with E-state index in [2.05, 4.69) is 11.1 Å². The Bertz CT molecular complexity index is 686. The quantitative estimate of drug-likeness (QED) is 0.938. The lowest BCUT2D eigenvalue weighted by atomic mass is 9.91. The van der Waals surface area contributed by atoms with Gasteiger partial charge in [0.2, 0.25) is 0 Å². The monoisotopic (exact) mass is 323 g/mol. The SMILES string of the molecule is CC1(c2ccc(F)c(Cl)c2)CN=C(N)N1Cc1cccs1. The highest BCUT2D eigenvalue weighted by Crippen LogP contribution is 2.36. The van der Waals surface area contributed by atoms with E-state index in [0.29, 0.717) is 19.0 Å². The number of halogens is 2. The van der Waals surface area contributed by atoms with Crippen LogP contribution in [-0.2, 0) is 12.1 Å². The van der Waals surface area contributed by atoms with Crippen molar-refractivity contribution in [2.24, 2.45) is 10.7 Å². The molecule has 1 atom stereocenters. The molecule has 0 fully saturated rings. The molecule has 1 aliphatic rings. The summed E-state index contributed by atoms with van der Waals surface area (Å²) in [6.07, 6.45) is 0. The molecule has 1 aromatic heterocycles. The molecule has 0 radical (unpaired) electrons. The van der Waals surface area contributed by atoms with Gasteiger partial charge in [-0.15, -0.1) is 11.3 Å². The zero-order chi connectivity index (χ0) is 15.0. The summed E-state index contributed by atoms with van der Waals surface area (Å²) >= 11 is 7.60. The van der Waals surface area contributed by atoms with E-state index >= 15 is 0 Å². The van der Waals surface area contributed by atoms with E-state index < -0.39 is 11.4 Å². The van der Waals surface area contributed by atoms with Gasteiger partial charge in [0.15, 0.2) is 5.96 Å². The van der Waals surface area contributed by atoms with Crippen molar-refractivity contribution in [3.8, 4) is 0 Å². The number of guanidine groups is 1. The zero-order valence-electron chi connectivity index (χ0n) is 11.5. The highest BCUT2D eigenvalue weighted by Gasteiger charge is 2.39. The Labute approximate surface area is 131 Å². The summed E-state index contributed by atoms with van der Waals surface area (Å²) in [5, 5.41) is 2.15. The summed E-state index contributed by atoms with van der Waals surface area (Å²) in [7, 11) is 0. The van der Waals surface area contributed by atoms with E-state index in [1.54, 1.807) is 23.5 Å². The Balaban J connectivity index is 1.96. The van der Waals surface area contributed by atoms with Crippen molar-refractivity contribution in [3.63, 3.8) is 0 Å². The average Bonchev–Trinajstić information content (AvgIpc) is 3.06. The molecule has 2 N–H and O–H groups in total. The first-order valence-corrected chi connectivity index (χ1v) is 7.82. The molecule has 1 aliphatic heterocycles. The third kappa shape index (κ3) is 2.51. The molecule has 3 rings (SSSR count). The van der Waals surface area contributed by atoms with Crippen LogP contribution in [0, 0.1) is 5.82 Å². The molecule has 110 valence electrons. The largest absolute Gasteiger partial charge is 0.370 e. The van der Waals surface area contributed by atoms with Crippen LogP contribution in [0.1, 0.15) is 17.4 Å². The fourth-order valence-electron chi connectivity index (χ4n) is 2.55.